The molecule has 0 unspecified atom stereocenters. The van der Waals surface area contributed by atoms with Crippen molar-refractivity contribution in [3.63, 3.8) is 0 Å². The molecule has 1 aromatic heterocycles. The molecular formula is C55H70N8O6. The van der Waals surface area contributed by atoms with E-state index in [2.05, 4.69) is 120 Å². The smallest absolute Gasteiger partial charge is 0.407 e. The number of hydrogen-bond donors (Lipinski definition) is 3. The van der Waals surface area contributed by atoms with E-state index in [4.69, 9.17) is 19.5 Å². The highest BCUT2D eigenvalue weighted by atomic mass is 16.5. The van der Waals surface area contributed by atoms with Crippen LogP contribution in [0.5, 0.6) is 0 Å². The molecule has 4 aromatic rings. The number of benzene rings is 3. The van der Waals surface area contributed by atoms with E-state index in [-0.39, 0.29) is 53.2 Å². The van der Waals surface area contributed by atoms with Gasteiger partial charge in [0.1, 0.15) is 17.9 Å². The second-order valence-corrected chi connectivity index (χ2v) is 20.7. The Bertz CT molecular complexity index is 2540. The molecule has 0 saturated carbocycles. The fourth-order valence-corrected chi connectivity index (χ4v) is 10.7. The third-order valence-electron chi connectivity index (χ3n) is 14.5. The molecule has 0 spiro atoms. The van der Waals surface area contributed by atoms with E-state index in [9.17, 15) is 19.2 Å². The van der Waals surface area contributed by atoms with Gasteiger partial charge in [-0.1, -0.05) is 115 Å². The highest BCUT2D eigenvalue weighted by molar-refractivity contribution is 6.02. The first-order valence-corrected chi connectivity index (χ1v) is 24.8. The van der Waals surface area contributed by atoms with Gasteiger partial charge < -0.3 is 39.8 Å². The fraction of sp³-hybridized carbons (Fsp3) is 0.491. The van der Waals surface area contributed by atoms with Gasteiger partial charge in [0.15, 0.2) is 0 Å². The molecule has 4 aliphatic rings. The van der Waals surface area contributed by atoms with Gasteiger partial charge in [-0.15, -0.1) is 0 Å². The topological polar surface area (TPSA) is 162 Å². The number of alkyl carbamates (subject to hydrolysis) is 2. The normalized spacial score (nSPS) is 21.3. The molecule has 3 saturated heterocycles. The minimum Gasteiger partial charge on any atom is -0.453 e. The molecule has 4 aliphatic heterocycles. The molecule has 0 aliphatic carbocycles. The summed E-state index contributed by atoms with van der Waals surface area (Å²) in [6, 6.07) is 25.4. The van der Waals surface area contributed by atoms with Crippen LogP contribution in [0, 0.1) is 11.8 Å². The average Bonchev–Trinajstić information content (AvgIpc) is 4.21. The van der Waals surface area contributed by atoms with Crippen LogP contribution in [0.2, 0.25) is 0 Å². The first kappa shape index (κ1) is 49.0. The molecule has 3 N–H and O–H groups in total. The largest absolute Gasteiger partial charge is 0.453 e. The van der Waals surface area contributed by atoms with Gasteiger partial charge >= 0.3 is 12.2 Å². The third-order valence-corrected chi connectivity index (χ3v) is 14.5. The van der Waals surface area contributed by atoms with Crippen molar-refractivity contribution in [2.75, 3.05) is 32.2 Å². The van der Waals surface area contributed by atoms with E-state index in [0.29, 0.717) is 19.5 Å². The summed E-state index contributed by atoms with van der Waals surface area (Å²) in [6.45, 7) is 15.7. The number of carbonyl (C=O) groups is 4. The highest BCUT2D eigenvalue weighted by Gasteiger charge is 2.40. The van der Waals surface area contributed by atoms with Gasteiger partial charge in [-0.2, -0.15) is 0 Å². The second kappa shape index (κ2) is 20.7. The predicted molar refractivity (Wildman–Crippen MR) is 270 cm³/mol. The van der Waals surface area contributed by atoms with E-state index in [1.54, 1.807) is 0 Å². The van der Waals surface area contributed by atoms with Crippen molar-refractivity contribution >= 4 is 41.1 Å². The zero-order chi connectivity index (χ0) is 49.1. The highest BCUT2D eigenvalue weighted by Crippen LogP contribution is 2.48. The monoisotopic (exact) mass is 939 g/mol. The number of carbonyl (C=O) groups excluding carboxylic acids is 4. The lowest BCUT2D eigenvalue weighted by Gasteiger charge is -2.34. The maximum Gasteiger partial charge on any atom is 0.407 e. The maximum absolute atomic E-state index is 13.8. The van der Waals surface area contributed by atoms with Gasteiger partial charge in [0.05, 0.1) is 56.0 Å². The molecule has 0 bridgehead atoms. The van der Waals surface area contributed by atoms with Crippen molar-refractivity contribution in [2.24, 2.45) is 16.8 Å². The van der Waals surface area contributed by atoms with Crippen LogP contribution in [0.15, 0.2) is 90.1 Å². The lowest BCUT2D eigenvalue weighted by molar-refractivity contribution is -0.135. The average molecular weight is 939 g/mol. The first-order chi connectivity index (χ1) is 33.1. The lowest BCUT2D eigenvalue weighted by Crippen LogP contribution is -2.53. The number of ether oxygens (including phenoxy) is 2. The van der Waals surface area contributed by atoms with Crippen molar-refractivity contribution in [3.8, 4) is 11.3 Å². The Kier molecular flexibility index (Phi) is 14.7. The summed E-state index contributed by atoms with van der Waals surface area (Å²) in [7, 11) is 2.61. The van der Waals surface area contributed by atoms with E-state index in [0.717, 1.165) is 72.6 Å². The van der Waals surface area contributed by atoms with E-state index in [1.807, 2.05) is 43.7 Å². The summed E-state index contributed by atoms with van der Waals surface area (Å²) in [5.41, 5.74) is 9.86. The minimum absolute atomic E-state index is 0.0331. The number of nitrogens with zero attached hydrogens (tertiary/aromatic N) is 5. The number of aromatic amines is 1. The number of amides is 4. The van der Waals surface area contributed by atoms with Crippen LogP contribution in [0.1, 0.15) is 140 Å². The summed E-state index contributed by atoms with van der Waals surface area (Å²) in [4.78, 5) is 71.5. The SMILES string of the molecule is COC(=O)N[C@H](C(=O)N1CCC[C@H]1C1=NC(c2ccc([C@H]3CC[C@H](c4ccc(-c5cnc([C@@H]6CCCN6C(=O)[C@@H](NC(=O)OC)C(C)C)[nH]5)cc4)N3c3ccc(C(C)(C)C)cc3)cc2)=CC1)C(C)C. The molecule has 6 atom stereocenters. The van der Waals surface area contributed by atoms with Crippen LogP contribution in [0.3, 0.4) is 0 Å². The lowest BCUT2D eigenvalue weighted by atomic mass is 9.87. The molecule has 3 aromatic carbocycles. The number of nitrogens with one attached hydrogen (secondary N) is 3. The Morgan fingerprint density at radius 1 is 0.667 bits per heavy atom. The van der Waals surface area contributed by atoms with E-state index in [1.165, 1.54) is 36.6 Å². The van der Waals surface area contributed by atoms with Crippen LogP contribution in [0.25, 0.3) is 17.0 Å². The van der Waals surface area contributed by atoms with Gasteiger partial charge in [0.25, 0.3) is 0 Å². The number of hydrogen-bond acceptors (Lipinski definition) is 9. The molecule has 69 heavy (non-hydrogen) atoms. The maximum atomic E-state index is 13.8. The number of methoxy groups -OCH3 is 2. The Morgan fingerprint density at radius 2 is 1.17 bits per heavy atom. The van der Waals surface area contributed by atoms with Crippen LogP contribution >= 0.6 is 0 Å². The molecule has 0 radical (unpaired) electrons. The van der Waals surface area contributed by atoms with E-state index >= 15 is 0 Å². The number of anilines is 1. The molecule has 3 fully saturated rings. The molecule has 14 heteroatoms. The van der Waals surface area contributed by atoms with Crippen LogP contribution in [0.4, 0.5) is 15.3 Å². The molecule has 14 nitrogen and oxygen atoms in total. The van der Waals surface area contributed by atoms with Crippen molar-refractivity contribution in [3.05, 3.63) is 113 Å². The third kappa shape index (κ3) is 10.4. The molecule has 5 heterocycles. The van der Waals surface area contributed by atoms with Crippen LogP contribution in [-0.2, 0) is 24.5 Å². The standard InChI is InChI=1S/C55H70N8O6/c1-33(2)48(59-53(66)68-8)51(64)61-30-10-12-46(61)42-27-26-41(57-42)35-14-18-37(19-15-35)44-28-29-45(63(44)40-24-22-39(23-25-40)55(5,6)7)38-20-16-36(17-21-38)43-32-56-50(58-43)47-13-11-31-62(47)52(65)49(34(3)4)60-54(67)69-9/h14-26,32-34,44-49H,10-13,27-31H2,1-9H3,(H,56,58)(H,59,66)(H,60,67)/t44-,45-,46+,47+,48+,49+/m1/s1. The summed E-state index contributed by atoms with van der Waals surface area (Å²) >= 11 is 0. The van der Waals surface area contributed by atoms with Crippen molar-refractivity contribution in [1.29, 1.82) is 0 Å². The van der Waals surface area contributed by atoms with Gasteiger partial charge in [-0.05, 0) is 95.7 Å². The number of likely N-dealkylation sites (tertiary alicyclic amines) is 2. The van der Waals surface area contributed by atoms with Gasteiger partial charge in [0.2, 0.25) is 11.8 Å². The zero-order valence-electron chi connectivity index (χ0n) is 41.8. The van der Waals surface area contributed by atoms with E-state index < -0.39 is 24.3 Å². The van der Waals surface area contributed by atoms with Gasteiger partial charge in [0, 0.05) is 30.9 Å². The van der Waals surface area contributed by atoms with Crippen molar-refractivity contribution in [1.82, 2.24) is 30.4 Å². The van der Waals surface area contributed by atoms with Crippen LogP contribution < -0.4 is 15.5 Å². The Hall–Kier alpha value is -6.44. The number of allylic oxidation sites excluding steroid dienone is 1. The Balaban J connectivity index is 0.995. The predicted octanol–water partition coefficient (Wildman–Crippen LogP) is 10.1. The fourth-order valence-electron chi connectivity index (χ4n) is 10.7. The quantitative estimate of drug-likeness (QED) is 0.119. The summed E-state index contributed by atoms with van der Waals surface area (Å²) in [5, 5.41) is 5.48. The molecule has 4 amide bonds. The zero-order valence-corrected chi connectivity index (χ0v) is 41.8. The van der Waals surface area contributed by atoms with Crippen molar-refractivity contribution < 1.29 is 28.7 Å². The molecule has 366 valence electrons. The second-order valence-electron chi connectivity index (χ2n) is 20.7. The number of aliphatic imine (C=N–C) groups is 1. The molecule has 8 rings (SSSR count). The number of aromatic nitrogens is 2. The Labute approximate surface area is 407 Å². The van der Waals surface area contributed by atoms with Gasteiger partial charge in [-0.3, -0.25) is 14.6 Å². The number of rotatable bonds is 13. The Morgan fingerprint density at radius 3 is 1.68 bits per heavy atom. The van der Waals surface area contributed by atoms with Crippen LogP contribution in [-0.4, -0.2) is 94.9 Å². The summed E-state index contributed by atoms with van der Waals surface area (Å²) in [5.74, 6) is 0.316. The number of imidazole rings is 1. The first-order valence-electron chi connectivity index (χ1n) is 24.8. The minimum atomic E-state index is -0.693. The van der Waals surface area contributed by atoms with Crippen molar-refractivity contribution in [2.45, 2.75) is 135 Å². The number of H-pyrrole nitrogens is 1. The summed E-state index contributed by atoms with van der Waals surface area (Å²) in [6.07, 6.45) is 8.81. The summed E-state index contributed by atoms with van der Waals surface area (Å²) < 4.78 is 9.64. The van der Waals surface area contributed by atoms with Gasteiger partial charge in [-0.25, -0.2) is 14.6 Å². The molecular weight excluding hydrogens is 869 g/mol.